The number of allylic oxidation sites excluding steroid dienone is 8. The van der Waals surface area contributed by atoms with E-state index in [-0.39, 0.29) is 26.1 Å². The van der Waals surface area contributed by atoms with Gasteiger partial charge in [0, 0.05) is 12.8 Å². The molecule has 0 aliphatic heterocycles. The minimum atomic E-state index is -4.63. The highest BCUT2D eigenvalue weighted by Gasteiger charge is 2.21. The molecular weight excluding hydrogens is 629 g/mol. The van der Waals surface area contributed by atoms with Crippen LogP contribution >= 0.6 is 7.82 Å². The number of quaternary nitrogens is 1. The van der Waals surface area contributed by atoms with E-state index >= 15 is 0 Å². The molecule has 0 rings (SSSR count). The van der Waals surface area contributed by atoms with E-state index in [9.17, 15) is 19.0 Å². The number of hydrogen-bond acceptors (Lipinski definition) is 8. The number of likely N-dealkylation sites (N-methyl/N-ethyl adjacent to an activating group) is 1. The van der Waals surface area contributed by atoms with Crippen molar-refractivity contribution in [2.45, 2.75) is 136 Å². The van der Waals surface area contributed by atoms with E-state index < -0.39 is 32.5 Å². The second-order valence-electron chi connectivity index (χ2n) is 13.2. The largest absolute Gasteiger partial charge is 0.756 e. The summed E-state index contributed by atoms with van der Waals surface area (Å²) >= 11 is 0. The van der Waals surface area contributed by atoms with Crippen molar-refractivity contribution in [1.82, 2.24) is 0 Å². The number of unbranched alkanes of at least 4 members (excludes halogenated alkanes) is 10. The van der Waals surface area contributed by atoms with E-state index in [0.29, 0.717) is 23.9 Å². The molecule has 9 nitrogen and oxygen atoms in total. The van der Waals surface area contributed by atoms with Gasteiger partial charge in [-0.2, -0.15) is 0 Å². The summed E-state index contributed by atoms with van der Waals surface area (Å²) in [5, 5.41) is 0. The molecule has 0 aliphatic rings. The molecule has 0 heterocycles. The molecule has 0 saturated carbocycles. The average Bonchev–Trinajstić information content (AvgIpc) is 3.02. The molecule has 10 heteroatoms. The minimum absolute atomic E-state index is 0.0420. The van der Waals surface area contributed by atoms with Gasteiger partial charge in [0.25, 0.3) is 7.82 Å². The molecule has 0 fully saturated rings. The molecule has 0 aliphatic carbocycles. The molecule has 0 aromatic rings. The van der Waals surface area contributed by atoms with Crippen molar-refractivity contribution in [1.29, 1.82) is 0 Å². The Morgan fingerprint density at radius 1 is 0.646 bits per heavy atom. The van der Waals surface area contributed by atoms with Crippen LogP contribution in [0.3, 0.4) is 0 Å². The van der Waals surface area contributed by atoms with E-state index in [1.54, 1.807) is 0 Å². The second-order valence-corrected chi connectivity index (χ2v) is 14.6. The first-order chi connectivity index (χ1) is 23.0. The third-order valence-electron chi connectivity index (χ3n) is 7.35. The summed E-state index contributed by atoms with van der Waals surface area (Å²) in [6.45, 7) is 4.05. The minimum Gasteiger partial charge on any atom is -0.756 e. The van der Waals surface area contributed by atoms with Crippen LogP contribution in [0.5, 0.6) is 0 Å². The van der Waals surface area contributed by atoms with Crippen LogP contribution in [0.1, 0.15) is 129 Å². The second kappa shape index (κ2) is 31.0. The van der Waals surface area contributed by atoms with Crippen molar-refractivity contribution in [3.05, 3.63) is 48.6 Å². The Labute approximate surface area is 293 Å². The Kier molecular flexibility index (Phi) is 29.7. The number of esters is 2. The van der Waals surface area contributed by atoms with Crippen molar-refractivity contribution < 1.29 is 42.1 Å². The Morgan fingerprint density at radius 2 is 1.15 bits per heavy atom. The Morgan fingerprint density at radius 3 is 1.73 bits per heavy atom. The summed E-state index contributed by atoms with van der Waals surface area (Å²) in [6.07, 6.45) is 33.1. The maximum absolute atomic E-state index is 12.5. The molecule has 0 radical (unpaired) electrons. The van der Waals surface area contributed by atoms with Gasteiger partial charge in [0.2, 0.25) is 0 Å². The third-order valence-corrected chi connectivity index (χ3v) is 8.32. The lowest BCUT2D eigenvalue weighted by Gasteiger charge is -2.28. The van der Waals surface area contributed by atoms with E-state index in [4.69, 9.17) is 18.5 Å². The highest BCUT2D eigenvalue weighted by Crippen LogP contribution is 2.38. The van der Waals surface area contributed by atoms with Gasteiger partial charge in [0.05, 0.1) is 27.7 Å². The Balaban J connectivity index is 4.53. The number of carbonyl (C=O) groups is 2. The summed E-state index contributed by atoms with van der Waals surface area (Å²) in [5.41, 5.74) is 0. The zero-order valence-electron chi connectivity index (χ0n) is 30.9. The standard InChI is InChI=1S/C38H68NO8P/c1-6-8-10-12-14-15-16-17-18-19-20-21-22-23-25-27-29-31-38(41)47-36(35-46-48(42,43)45-33-32-39(3,4)5)34-44-37(40)30-28-26-24-13-11-9-7-2/h14-15,17-18,20-21,23,25,36H,6-13,16,19,22,24,26-35H2,1-5H3/b15-14+,18-17+,21-20+,25-23+/t36-/m1/s1. The van der Waals surface area contributed by atoms with Gasteiger partial charge in [0.15, 0.2) is 6.10 Å². The van der Waals surface area contributed by atoms with Gasteiger partial charge < -0.3 is 27.9 Å². The average molecular weight is 698 g/mol. The molecule has 0 saturated heterocycles. The van der Waals surface area contributed by atoms with E-state index in [2.05, 4.69) is 56.4 Å². The Bertz CT molecular complexity index is 970. The van der Waals surface area contributed by atoms with Crippen molar-refractivity contribution in [3.8, 4) is 0 Å². The highest BCUT2D eigenvalue weighted by atomic mass is 31.2. The molecular formula is C38H68NO8P. The molecule has 48 heavy (non-hydrogen) atoms. The summed E-state index contributed by atoms with van der Waals surface area (Å²) < 4.78 is 33.5. The molecule has 278 valence electrons. The normalized spacial score (nSPS) is 14.4. The number of nitrogens with zero attached hydrogens (tertiary/aromatic N) is 1. The smallest absolute Gasteiger partial charge is 0.306 e. The fraction of sp³-hybridized carbons (Fsp3) is 0.737. The molecule has 0 aromatic heterocycles. The third kappa shape index (κ3) is 33.9. The fourth-order valence-corrected chi connectivity index (χ4v) is 5.14. The number of ether oxygens (including phenoxy) is 2. The van der Waals surface area contributed by atoms with Crippen LogP contribution in [0.15, 0.2) is 48.6 Å². The summed E-state index contributed by atoms with van der Waals surface area (Å²) in [6, 6.07) is 0. The first kappa shape index (κ1) is 46.0. The van der Waals surface area contributed by atoms with Crippen LogP contribution in [0, 0.1) is 0 Å². The number of rotatable bonds is 32. The lowest BCUT2D eigenvalue weighted by molar-refractivity contribution is -0.870. The van der Waals surface area contributed by atoms with Crippen LogP contribution in [-0.2, 0) is 32.7 Å². The molecule has 1 unspecified atom stereocenters. The van der Waals surface area contributed by atoms with E-state index in [1.807, 2.05) is 27.2 Å². The van der Waals surface area contributed by atoms with Crippen LogP contribution in [0.2, 0.25) is 0 Å². The molecule has 0 aromatic carbocycles. The molecule has 0 bridgehead atoms. The number of carbonyl (C=O) groups excluding carboxylic acids is 2. The maximum Gasteiger partial charge on any atom is 0.306 e. The maximum atomic E-state index is 12.5. The SMILES string of the molecule is CCCCC/C=C/C/C=C/C/C=C/C/C=C/CCCC(=O)O[C@H](COC(=O)CCCCCCCCC)COP(=O)([O-])OCC[N+](C)(C)C. The zero-order chi connectivity index (χ0) is 35.8. The van der Waals surface area contributed by atoms with Gasteiger partial charge in [-0.3, -0.25) is 14.2 Å². The summed E-state index contributed by atoms with van der Waals surface area (Å²) in [5.74, 6) is -0.913. The lowest BCUT2D eigenvalue weighted by atomic mass is 10.1. The Hall–Kier alpha value is -2.03. The van der Waals surface area contributed by atoms with Crippen LogP contribution in [-0.4, -0.2) is 70.0 Å². The fourth-order valence-electron chi connectivity index (χ4n) is 4.41. The number of phosphoric acid groups is 1. The van der Waals surface area contributed by atoms with E-state index in [0.717, 1.165) is 44.9 Å². The highest BCUT2D eigenvalue weighted by molar-refractivity contribution is 7.45. The molecule has 0 spiro atoms. The van der Waals surface area contributed by atoms with Gasteiger partial charge in [-0.05, 0) is 51.4 Å². The predicted octanol–water partition coefficient (Wildman–Crippen LogP) is 8.94. The topological polar surface area (TPSA) is 111 Å². The van der Waals surface area contributed by atoms with Gasteiger partial charge in [-0.25, -0.2) is 0 Å². The van der Waals surface area contributed by atoms with Gasteiger partial charge >= 0.3 is 11.9 Å². The van der Waals surface area contributed by atoms with Gasteiger partial charge in [-0.15, -0.1) is 0 Å². The first-order valence-electron chi connectivity index (χ1n) is 18.3. The zero-order valence-corrected chi connectivity index (χ0v) is 31.8. The van der Waals surface area contributed by atoms with Crippen LogP contribution < -0.4 is 4.89 Å². The number of hydrogen-bond donors (Lipinski definition) is 0. The summed E-state index contributed by atoms with van der Waals surface area (Å²) in [4.78, 5) is 37.1. The monoisotopic (exact) mass is 697 g/mol. The lowest BCUT2D eigenvalue weighted by Crippen LogP contribution is -2.37. The van der Waals surface area contributed by atoms with E-state index in [1.165, 1.54) is 44.9 Å². The van der Waals surface area contributed by atoms with Gasteiger partial charge in [0.1, 0.15) is 19.8 Å². The van der Waals surface area contributed by atoms with Crippen molar-refractivity contribution in [3.63, 3.8) is 0 Å². The number of phosphoric ester groups is 1. The molecule has 2 atom stereocenters. The molecule has 0 amide bonds. The first-order valence-corrected chi connectivity index (χ1v) is 19.8. The summed E-state index contributed by atoms with van der Waals surface area (Å²) in [7, 11) is 1.12. The van der Waals surface area contributed by atoms with Crippen LogP contribution in [0.25, 0.3) is 0 Å². The predicted molar refractivity (Wildman–Crippen MR) is 194 cm³/mol. The van der Waals surface area contributed by atoms with Crippen molar-refractivity contribution >= 4 is 19.8 Å². The molecule has 0 N–H and O–H groups in total. The quantitative estimate of drug-likeness (QED) is 0.0225. The van der Waals surface area contributed by atoms with Gasteiger partial charge in [-0.1, -0.05) is 114 Å². The van der Waals surface area contributed by atoms with Crippen molar-refractivity contribution in [2.24, 2.45) is 0 Å². The van der Waals surface area contributed by atoms with Crippen LogP contribution in [0.4, 0.5) is 0 Å². The van der Waals surface area contributed by atoms with Crippen molar-refractivity contribution in [2.75, 3.05) is 47.5 Å².